The van der Waals surface area contributed by atoms with Gasteiger partial charge in [-0.05, 0) is 29.8 Å². The predicted octanol–water partition coefficient (Wildman–Crippen LogP) is 2.58. The molecule has 1 N–H and O–H groups in total. The van der Waals surface area contributed by atoms with Crippen LogP contribution in [0.5, 0.6) is 11.5 Å². The van der Waals surface area contributed by atoms with Crippen LogP contribution in [0.1, 0.15) is 22.1 Å². The van der Waals surface area contributed by atoms with Gasteiger partial charge in [0, 0.05) is 7.05 Å². The van der Waals surface area contributed by atoms with Gasteiger partial charge in [-0.3, -0.25) is 4.79 Å². The van der Waals surface area contributed by atoms with Gasteiger partial charge in [0.15, 0.2) is 11.5 Å². The van der Waals surface area contributed by atoms with Gasteiger partial charge in [-0.25, -0.2) is 0 Å². The largest absolute Gasteiger partial charge is 0.493 e. The van der Waals surface area contributed by atoms with Crippen LogP contribution in [0.15, 0.2) is 42.5 Å². The number of methoxy groups -OCH3 is 2. The number of amides is 1. The molecule has 1 aliphatic heterocycles. The molecular weight excluding hydrogens is 280 g/mol. The lowest BCUT2D eigenvalue weighted by Gasteiger charge is -2.36. The highest BCUT2D eigenvalue weighted by molar-refractivity contribution is 6.02. The highest BCUT2D eigenvalue weighted by Crippen LogP contribution is 2.35. The molecule has 0 radical (unpaired) electrons. The van der Waals surface area contributed by atoms with Crippen LogP contribution < -0.4 is 19.7 Å². The van der Waals surface area contributed by atoms with Crippen LogP contribution in [0.25, 0.3) is 0 Å². The summed E-state index contributed by atoms with van der Waals surface area (Å²) in [5.41, 5.74) is 2.52. The van der Waals surface area contributed by atoms with Crippen LogP contribution in [0, 0.1) is 0 Å². The van der Waals surface area contributed by atoms with Gasteiger partial charge in [0.1, 0.15) is 6.17 Å². The van der Waals surface area contributed by atoms with E-state index in [2.05, 4.69) is 5.32 Å². The number of carbonyl (C=O) groups excluding carboxylic acids is 1. The molecule has 1 unspecified atom stereocenters. The summed E-state index contributed by atoms with van der Waals surface area (Å²) in [5.74, 6) is 1.23. The van der Waals surface area contributed by atoms with Crippen LogP contribution in [-0.2, 0) is 0 Å². The number of anilines is 1. The van der Waals surface area contributed by atoms with Gasteiger partial charge in [-0.2, -0.15) is 0 Å². The average Bonchev–Trinajstić information content (AvgIpc) is 2.57. The third kappa shape index (κ3) is 2.24. The van der Waals surface area contributed by atoms with E-state index in [4.69, 9.17) is 9.47 Å². The zero-order chi connectivity index (χ0) is 15.7. The Kier molecular flexibility index (Phi) is 3.63. The molecule has 0 saturated heterocycles. The topological polar surface area (TPSA) is 50.8 Å². The van der Waals surface area contributed by atoms with Gasteiger partial charge in [0.2, 0.25) is 0 Å². The first-order valence-corrected chi connectivity index (χ1v) is 7.00. The second kappa shape index (κ2) is 5.60. The lowest BCUT2D eigenvalue weighted by Crippen LogP contribution is -2.44. The molecular formula is C17H18N2O3. The number of ether oxygens (including phenoxy) is 2. The molecule has 5 nitrogen and oxygen atoms in total. The summed E-state index contributed by atoms with van der Waals surface area (Å²) in [6.45, 7) is 0. The van der Waals surface area contributed by atoms with Gasteiger partial charge in [-0.1, -0.05) is 18.2 Å². The maximum absolute atomic E-state index is 12.3. The molecule has 1 atom stereocenters. The molecule has 2 aromatic rings. The molecule has 114 valence electrons. The van der Waals surface area contributed by atoms with E-state index >= 15 is 0 Å². The van der Waals surface area contributed by atoms with E-state index in [0.717, 1.165) is 11.3 Å². The second-order valence-electron chi connectivity index (χ2n) is 5.12. The first kappa shape index (κ1) is 14.3. The summed E-state index contributed by atoms with van der Waals surface area (Å²) >= 11 is 0. The van der Waals surface area contributed by atoms with Gasteiger partial charge in [0.05, 0.1) is 25.5 Å². The van der Waals surface area contributed by atoms with Crippen LogP contribution in [0.2, 0.25) is 0 Å². The fraction of sp³-hybridized carbons (Fsp3) is 0.235. The van der Waals surface area contributed by atoms with Gasteiger partial charge >= 0.3 is 0 Å². The maximum Gasteiger partial charge on any atom is 0.255 e. The van der Waals surface area contributed by atoms with E-state index in [-0.39, 0.29) is 12.1 Å². The first-order valence-electron chi connectivity index (χ1n) is 7.00. The fourth-order valence-electron chi connectivity index (χ4n) is 2.74. The lowest BCUT2D eigenvalue weighted by molar-refractivity contribution is 0.0928. The van der Waals surface area contributed by atoms with Crippen molar-refractivity contribution in [1.82, 2.24) is 5.32 Å². The van der Waals surface area contributed by atoms with Gasteiger partial charge < -0.3 is 19.7 Å². The highest BCUT2D eigenvalue weighted by atomic mass is 16.5. The number of para-hydroxylation sites is 1. The summed E-state index contributed by atoms with van der Waals surface area (Å²) in [4.78, 5) is 14.3. The Labute approximate surface area is 129 Å². The van der Waals surface area contributed by atoms with Crippen molar-refractivity contribution in [3.8, 4) is 11.5 Å². The van der Waals surface area contributed by atoms with Gasteiger partial charge in [-0.15, -0.1) is 0 Å². The van der Waals surface area contributed by atoms with E-state index < -0.39 is 0 Å². The molecule has 0 saturated carbocycles. The van der Waals surface area contributed by atoms with Crippen molar-refractivity contribution in [2.45, 2.75) is 6.17 Å². The van der Waals surface area contributed by atoms with Crippen molar-refractivity contribution >= 4 is 11.6 Å². The second-order valence-corrected chi connectivity index (χ2v) is 5.12. The molecule has 22 heavy (non-hydrogen) atoms. The monoisotopic (exact) mass is 298 g/mol. The third-order valence-electron chi connectivity index (χ3n) is 3.91. The maximum atomic E-state index is 12.3. The van der Waals surface area contributed by atoms with E-state index in [1.165, 1.54) is 0 Å². The predicted molar refractivity (Wildman–Crippen MR) is 84.6 cm³/mol. The van der Waals surface area contributed by atoms with Crippen molar-refractivity contribution in [2.24, 2.45) is 0 Å². The minimum atomic E-state index is -0.248. The summed E-state index contributed by atoms with van der Waals surface area (Å²) in [7, 11) is 5.15. The molecule has 0 bridgehead atoms. The molecule has 2 aromatic carbocycles. The summed E-state index contributed by atoms with van der Waals surface area (Å²) in [6, 6.07) is 13.2. The Bertz CT molecular complexity index is 715. The van der Waals surface area contributed by atoms with E-state index in [1.54, 1.807) is 14.2 Å². The summed E-state index contributed by atoms with van der Waals surface area (Å²) in [6.07, 6.45) is -0.248. The Hall–Kier alpha value is -2.69. The Morgan fingerprint density at radius 1 is 1.05 bits per heavy atom. The Morgan fingerprint density at radius 3 is 2.50 bits per heavy atom. The van der Waals surface area contributed by atoms with Crippen molar-refractivity contribution in [2.75, 3.05) is 26.2 Å². The van der Waals surface area contributed by atoms with Crippen LogP contribution >= 0.6 is 0 Å². The molecule has 1 heterocycles. The number of carbonyl (C=O) groups is 1. The molecule has 1 amide bonds. The number of hydrogen-bond donors (Lipinski definition) is 1. The minimum Gasteiger partial charge on any atom is -0.493 e. The van der Waals surface area contributed by atoms with Crippen molar-refractivity contribution in [1.29, 1.82) is 0 Å². The van der Waals surface area contributed by atoms with Crippen LogP contribution in [0.3, 0.4) is 0 Å². The fourth-order valence-corrected chi connectivity index (χ4v) is 2.74. The van der Waals surface area contributed by atoms with Gasteiger partial charge in [0.25, 0.3) is 5.91 Å². The van der Waals surface area contributed by atoms with E-state index in [1.807, 2.05) is 54.4 Å². The number of nitrogens with one attached hydrogen (secondary N) is 1. The van der Waals surface area contributed by atoms with E-state index in [9.17, 15) is 4.79 Å². The first-order chi connectivity index (χ1) is 10.7. The molecule has 3 rings (SSSR count). The molecule has 5 heteroatoms. The highest BCUT2D eigenvalue weighted by Gasteiger charge is 2.29. The average molecular weight is 298 g/mol. The zero-order valence-electron chi connectivity index (χ0n) is 12.8. The number of nitrogens with zero attached hydrogens (tertiary/aromatic N) is 1. The summed E-state index contributed by atoms with van der Waals surface area (Å²) in [5, 5.41) is 3.02. The van der Waals surface area contributed by atoms with Crippen molar-refractivity contribution in [3.63, 3.8) is 0 Å². The summed E-state index contributed by atoms with van der Waals surface area (Å²) < 4.78 is 10.6. The minimum absolute atomic E-state index is 0.0755. The SMILES string of the molecule is COc1ccc(C2NC(=O)c3ccccc3N2C)cc1OC. The van der Waals surface area contributed by atoms with Crippen molar-refractivity contribution < 1.29 is 14.3 Å². The quantitative estimate of drug-likeness (QED) is 0.946. The number of fused-ring (bicyclic) bond motifs is 1. The molecule has 0 aromatic heterocycles. The number of hydrogen-bond acceptors (Lipinski definition) is 4. The van der Waals surface area contributed by atoms with Crippen LogP contribution in [0.4, 0.5) is 5.69 Å². The number of benzene rings is 2. The third-order valence-corrected chi connectivity index (χ3v) is 3.91. The normalized spacial score (nSPS) is 16.8. The van der Waals surface area contributed by atoms with Crippen molar-refractivity contribution in [3.05, 3.63) is 53.6 Å². The molecule has 1 aliphatic rings. The smallest absolute Gasteiger partial charge is 0.255 e. The Morgan fingerprint density at radius 2 is 1.77 bits per heavy atom. The molecule has 0 fully saturated rings. The Balaban J connectivity index is 2.01. The standard InChI is InChI=1S/C17H18N2O3/c1-19-13-7-5-4-6-12(13)17(20)18-16(19)11-8-9-14(21-2)15(10-11)22-3/h4-10,16H,1-3H3,(H,18,20). The van der Waals surface area contributed by atoms with Crippen LogP contribution in [-0.4, -0.2) is 27.2 Å². The number of rotatable bonds is 3. The van der Waals surface area contributed by atoms with E-state index in [0.29, 0.717) is 17.1 Å². The molecule has 0 aliphatic carbocycles. The molecule has 0 spiro atoms. The zero-order valence-corrected chi connectivity index (χ0v) is 12.8. The lowest BCUT2D eigenvalue weighted by atomic mass is 10.0.